The summed E-state index contributed by atoms with van der Waals surface area (Å²) in [7, 11) is 0. The normalized spacial score (nSPS) is 10.6. The van der Waals surface area contributed by atoms with Gasteiger partial charge in [0.25, 0.3) is 11.5 Å². The van der Waals surface area contributed by atoms with Crippen LogP contribution in [0.25, 0.3) is 0 Å². The van der Waals surface area contributed by atoms with Crippen molar-refractivity contribution in [3.63, 3.8) is 0 Å². The Morgan fingerprint density at radius 1 is 1.42 bits per heavy atom. The Hall–Kier alpha value is -2.09. The summed E-state index contributed by atoms with van der Waals surface area (Å²) < 4.78 is 5.71. The van der Waals surface area contributed by atoms with Crippen molar-refractivity contribution in [2.45, 2.75) is 19.0 Å². The molecule has 0 unspecified atom stereocenters. The molecule has 0 aliphatic heterocycles. The highest BCUT2D eigenvalue weighted by Gasteiger charge is 2.13. The highest BCUT2D eigenvalue weighted by atomic mass is 32.2. The molecule has 0 radical (unpaired) electrons. The third kappa shape index (κ3) is 3.22. The number of anilines is 1. The van der Waals surface area contributed by atoms with Gasteiger partial charge in [0.05, 0.1) is 5.75 Å². The Labute approximate surface area is 112 Å². The second-order valence-electron chi connectivity index (χ2n) is 3.88. The number of rotatable bonds is 3. The number of nitrogen functional groups attached to an aromatic ring is 1. The van der Waals surface area contributed by atoms with Crippen LogP contribution in [0.2, 0.25) is 0 Å². The SMILES string of the molecule is Cc1cc(N)nc(SCC(=O)n2oc(C)cc2=O)n1. The number of carbonyl (C=O) groups excluding carboxylic acids is 1. The van der Waals surface area contributed by atoms with Crippen LogP contribution >= 0.6 is 11.8 Å². The Bertz CT molecular complexity index is 657. The Morgan fingerprint density at radius 2 is 2.16 bits per heavy atom. The van der Waals surface area contributed by atoms with Crippen LogP contribution in [0.4, 0.5) is 5.82 Å². The number of carbonyl (C=O) groups is 1. The molecule has 19 heavy (non-hydrogen) atoms. The highest BCUT2D eigenvalue weighted by Crippen LogP contribution is 2.15. The van der Waals surface area contributed by atoms with Gasteiger partial charge < -0.3 is 10.3 Å². The minimum Gasteiger partial charge on any atom is -0.384 e. The molecule has 0 amide bonds. The molecule has 0 aliphatic carbocycles. The fourth-order valence-corrected chi connectivity index (χ4v) is 2.18. The minimum atomic E-state index is -0.479. The predicted molar refractivity (Wildman–Crippen MR) is 70.2 cm³/mol. The number of aromatic nitrogens is 3. The topological polar surface area (TPSA) is 104 Å². The predicted octanol–water partition coefficient (Wildman–Crippen LogP) is 0.863. The molecule has 0 spiro atoms. The van der Waals surface area contributed by atoms with E-state index in [9.17, 15) is 9.59 Å². The van der Waals surface area contributed by atoms with E-state index in [4.69, 9.17) is 10.3 Å². The molecule has 0 fully saturated rings. The molecule has 2 aromatic heterocycles. The first-order chi connectivity index (χ1) is 8.95. The number of hydrogen-bond acceptors (Lipinski definition) is 7. The summed E-state index contributed by atoms with van der Waals surface area (Å²) in [5.41, 5.74) is 5.82. The molecular weight excluding hydrogens is 268 g/mol. The molecule has 0 aliphatic rings. The monoisotopic (exact) mass is 280 g/mol. The smallest absolute Gasteiger partial charge is 0.290 e. The van der Waals surface area contributed by atoms with Gasteiger partial charge in [0.15, 0.2) is 5.16 Å². The summed E-state index contributed by atoms with van der Waals surface area (Å²) >= 11 is 1.10. The second kappa shape index (κ2) is 5.27. The van der Waals surface area contributed by atoms with Crippen LogP contribution in [-0.4, -0.2) is 26.4 Å². The maximum atomic E-state index is 11.8. The summed E-state index contributed by atoms with van der Waals surface area (Å²) in [5, 5.41) is 0.391. The maximum Gasteiger partial charge on any atom is 0.290 e. The molecular formula is C11H12N4O3S. The summed E-state index contributed by atoms with van der Waals surface area (Å²) in [6.07, 6.45) is 0. The molecule has 8 heteroatoms. The van der Waals surface area contributed by atoms with Crippen LogP contribution in [0.3, 0.4) is 0 Å². The molecule has 0 aromatic carbocycles. The van der Waals surface area contributed by atoms with Crippen molar-refractivity contribution in [2.75, 3.05) is 11.5 Å². The maximum absolute atomic E-state index is 11.8. The van der Waals surface area contributed by atoms with Gasteiger partial charge in [0.1, 0.15) is 11.6 Å². The lowest BCUT2D eigenvalue weighted by Gasteiger charge is -2.02. The van der Waals surface area contributed by atoms with Crippen molar-refractivity contribution in [1.29, 1.82) is 0 Å². The van der Waals surface area contributed by atoms with E-state index in [2.05, 4.69) is 9.97 Å². The summed E-state index contributed by atoms with van der Waals surface area (Å²) in [6.45, 7) is 3.38. The third-order valence-electron chi connectivity index (χ3n) is 2.17. The summed E-state index contributed by atoms with van der Waals surface area (Å²) in [4.78, 5) is 31.3. The average Bonchev–Trinajstić information content (AvgIpc) is 2.64. The van der Waals surface area contributed by atoms with Crippen molar-refractivity contribution < 1.29 is 9.32 Å². The minimum absolute atomic E-state index is 0.00421. The fourth-order valence-electron chi connectivity index (χ4n) is 1.44. The lowest BCUT2D eigenvalue weighted by atomic mass is 10.4. The van der Waals surface area contributed by atoms with Crippen molar-refractivity contribution in [1.82, 2.24) is 14.7 Å². The summed E-state index contributed by atoms with van der Waals surface area (Å²) in [6, 6.07) is 2.88. The van der Waals surface area contributed by atoms with E-state index < -0.39 is 11.5 Å². The molecule has 0 atom stereocenters. The average molecular weight is 280 g/mol. The number of aryl methyl sites for hydroxylation is 2. The first-order valence-electron chi connectivity index (χ1n) is 5.43. The van der Waals surface area contributed by atoms with E-state index in [1.807, 2.05) is 0 Å². The third-order valence-corrected chi connectivity index (χ3v) is 3.00. The fraction of sp³-hybridized carbons (Fsp3) is 0.273. The molecule has 0 bridgehead atoms. The molecule has 0 saturated heterocycles. The van der Waals surface area contributed by atoms with Gasteiger partial charge in [-0.05, 0) is 13.8 Å². The first-order valence-corrected chi connectivity index (χ1v) is 6.41. The van der Waals surface area contributed by atoms with Crippen LogP contribution < -0.4 is 11.3 Å². The van der Waals surface area contributed by atoms with Crippen molar-refractivity contribution in [3.8, 4) is 0 Å². The van der Waals surface area contributed by atoms with Gasteiger partial charge in [-0.3, -0.25) is 9.59 Å². The molecule has 2 N–H and O–H groups in total. The van der Waals surface area contributed by atoms with Gasteiger partial charge in [0, 0.05) is 17.8 Å². The Kier molecular flexibility index (Phi) is 3.70. The van der Waals surface area contributed by atoms with Crippen molar-refractivity contribution >= 4 is 23.5 Å². The number of nitrogens with two attached hydrogens (primary N) is 1. The van der Waals surface area contributed by atoms with Gasteiger partial charge >= 0.3 is 0 Å². The zero-order valence-corrected chi connectivity index (χ0v) is 11.2. The second-order valence-corrected chi connectivity index (χ2v) is 4.82. The van der Waals surface area contributed by atoms with Crippen LogP contribution in [0, 0.1) is 13.8 Å². The summed E-state index contributed by atoms with van der Waals surface area (Å²) in [5.74, 6) is 0.259. The van der Waals surface area contributed by atoms with Gasteiger partial charge in [-0.25, -0.2) is 9.97 Å². The molecule has 2 rings (SSSR count). The molecule has 7 nitrogen and oxygen atoms in total. The van der Waals surface area contributed by atoms with E-state index in [1.165, 1.54) is 6.07 Å². The number of hydrogen-bond donors (Lipinski definition) is 1. The standard InChI is InChI=1S/C11H12N4O3S/c1-6-3-8(12)14-11(13-6)19-5-10(17)15-9(16)4-7(2)18-15/h3-4H,5H2,1-2H3,(H2,12,13,14). The molecule has 2 heterocycles. The van der Waals surface area contributed by atoms with Gasteiger partial charge in [-0.15, -0.1) is 4.74 Å². The Morgan fingerprint density at radius 3 is 2.74 bits per heavy atom. The number of thioether (sulfide) groups is 1. The quantitative estimate of drug-likeness (QED) is 0.656. The largest absolute Gasteiger partial charge is 0.384 e. The van der Waals surface area contributed by atoms with Gasteiger partial charge in [-0.1, -0.05) is 11.8 Å². The van der Waals surface area contributed by atoms with E-state index in [0.717, 1.165) is 16.5 Å². The van der Waals surface area contributed by atoms with E-state index >= 15 is 0 Å². The van der Waals surface area contributed by atoms with E-state index in [-0.39, 0.29) is 5.75 Å². The van der Waals surface area contributed by atoms with Crippen molar-refractivity contribution in [3.05, 3.63) is 33.9 Å². The molecule has 2 aromatic rings. The van der Waals surface area contributed by atoms with Gasteiger partial charge in [0.2, 0.25) is 0 Å². The van der Waals surface area contributed by atoms with E-state index in [1.54, 1.807) is 19.9 Å². The Balaban J connectivity index is 2.08. The van der Waals surface area contributed by atoms with Gasteiger partial charge in [-0.2, -0.15) is 0 Å². The van der Waals surface area contributed by atoms with Crippen LogP contribution in [0.15, 0.2) is 26.6 Å². The first kappa shape index (κ1) is 13.3. The highest BCUT2D eigenvalue weighted by molar-refractivity contribution is 7.99. The molecule has 0 saturated carbocycles. The van der Waals surface area contributed by atoms with E-state index in [0.29, 0.717) is 22.4 Å². The lowest BCUT2D eigenvalue weighted by molar-refractivity contribution is 0.0813. The zero-order chi connectivity index (χ0) is 14.0. The zero-order valence-electron chi connectivity index (χ0n) is 10.4. The lowest BCUT2D eigenvalue weighted by Crippen LogP contribution is -2.23. The van der Waals surface area contributed by atoms with Crippen molar-refractivity contribution in [2.24, 2.45) is 0 Å². The molecule has 100 valence electrons. The van der Waals surface area contributed by atoms with Crippen LogP contribution in [0.5, 0.6) is 0 Å². The van der Waals surface area contributed by atoms with Crippen LogP contribution in [-0.2, 0) is 0 Å². The van der Waals surface area contributed by atoms with Crippen LogP contribution in [0.1, 0.15) is 16.2 Å². The number of nitrogens with zero attached hydrogens (tertiary/aromatic N) is 3.